The van der Waals surface area contributed by atoms with Crippen LogP contribution in [0.3, 0.4) is 0 Å². The molecule has 0 atom stereocenters. The van der Waals surface area contributed by atoms with Crippen LogP contribution >= 0.6 is 11.3 Å². The maximum atomic E-state index is 11.7. The summed E-state index contributed by atoms with van der Waals surface area (Å²) in [5, 5.41) is 1.79. The maximum absolute atomic E-state index is 11.7. The molecule has 0 bridgehead atoms. The van der Waals surface area contributed by atoms with E-state index in [2.05, 4.69) is 0 Å². The molecule has 62 valence electrons. The number of thiazole rings is 1. The van der Waals surface area contributed by atoms with Crippen LogP contribution in [0, 0.1) is 6.92 Å². The number of halogens is 1. The second kappa shape index (κ2) is 3.67. The lowest BCUT2D eigenvalue weighted by atomic mass is 10.4. The first-order valence-corrected chi connectivity index (χ1v) is 4.34. The predicted octanol–water partition coefficient (Wildman–Crippen LogP) is 1.58. The van der Waals surface area contributed by atoms with Crippen LogP contribution in [0.25, 0.3) is 0 Å². The zero-order valence-corrected chi connectivity index (χ0v) is 7.16. The molecule has 0 spiro atoms. The zero-order valence-electron chi connectivity index (χ0n) is 6.34. The molecule has 0 fully saturated rings. The minimum absolute atomic E-state index is 0.0101. The molecular weight excluding hydrogens is 165 g/mol. The van der Waals surface area contributed by atoms with Gasteiger partial charge in [-0.15, -0.1) is 0 Å². The highest BCUT2D eigenvalue weighted by atomic mass is 32.1. The first-order chi connectivity index (χ1) is 5.25. The van der Waals surface area contributed by atoms with Gasteiger partial charge in [0.1, 0.15) is 0 Å². The van der Waals surface area contributed by atoms with Gasteiger partial charge in [0.25, 0.3) is 0 Å². The van der Waals surface area contributed by atoms with Crippen molar-refractivity contribution in [1.82, 2.24) is 4.57 Å². The number of alkyl halides is 1. The average Bonchev–Trinajstić information content (AvgIpc) is 2.29. The Hall–Kier alpha value is -0.640. The third-order valence-electron chi connectivity index (χ3n) is 1.49. The van der Waals surface area contributed by atoms with Gasteiger partial charge in [0.15, 0.2) is 0 Å². The lowest BCUT2D eigenvalue weighted by Crippen LogP contribution is -2.14. The van der Waals surface area contributed by atoms with Gasteiger partial charge in [-0.05, 0) is 13.3 Å². The molecule has 0 aliphatic heterocycles. The molecule has 1 heterocycles. The highest BCUT2D eigenvalue weighted by Crippen LogP contribution is 2.00. The summed E-state index contributed by atoms with van der Waals surface area (Å²) in [5.74, 6) is 0. The molecule has 0 saturated heterocycles. The van der Waals surface area contributed by atoms with Crippen LogP contribution in [0.2, 0.25) is 0 Å². The Morgan fingerprint density at radius 2 is 2.45 bits per heavy atom. The fraction of sp³-hybridized carbons (Fsp3) is 0.571. The van der Waals surface area contributed by atoms with E-state index >= 15 is 0 Å². The van der Waals surface area contributed by atoms with E-state index in [1.807, 2.05) is 6.92 Å². The topological polar surface area (TPSA) is 22.0 Å². The summed E-state index contributed by atoms with van der Waals surface area (Å²) in [6.07, 6.45) is 0.428. The van der Waals surface area contributed by atoms with E-state index in [0.717, 1.165) is 5.69 Å². The maximum Gasteiger partial charge on any atom is 0.307 e. The summed E-state index contributed by atoms with van der Waals surface area (Å²) < 4.78 is 13.3. The van der Waals surface area contributed by atoms with Crippen LogP contribution in [0.5, 0.6) is 0 Å². The summed E-state index contributed by atoms with van der Waals surface area (Å²) in [6, 6.07) is 0. The quantitative estimate of drug-likeness (QED) is 0.683. The monoisotopic (exact) mass is 175 g/mol. The smallest absolute Gasteiger partial charge is 0.303 e. The summed E-state index contributed by atoms with van der Waals surface area (Å²) in [5.41, 5.74) is 0.924. The van der Waals surface area contributed by atoms with Crippen molar-refractivity contribution >= 4 is 11.3 Å². The van der Waals surface area contributed by atoms with Gasteiger partial charge in [0.05, 0.1) is 6.67 Å². The summed E-state index contributed by atoms with van der Waals surface area (Å²) >= 11 is 1.17. The van der Waals surface area contributed by atoms with E-state index < -0.39 is 0 Å². The van der Waals surface area contributed by atoms with Gasteiger partial charge >= 0.3 is 4.87 Å². The minimum Gasteiger partial charge on any atom is -0.303 e. The Balaban J connectivity index is 2.75. The second-order valence-corrected chi connectivity index (χ2v) is 3.16. The Kier molecular flexibility index (Phi) is 2.82. The van der Waals surface area contributed by atoms with Crippen LogP contribution in [0.4, 0.5) is 4.39 Å². The number of aryl methyl sites for hydroxylation is 1. The normalized spacial score (nSPS) is 10.4. The van der Waals surface area contributed by atoms with E-state index in [-0.39, 0.29) is 11.5 Å². The Morgan fingerprint density at radius 1 is 1.73 bits per heavy atom. The summed E-state index contributed by atoms with van der Waals surface area (Å²) in [7, 11) is 0. The lowest BCUT2D eigenvalue weighted by molar-refractivity contribution is 0.443. The molecule has 1 aromatic rings. The molecule has 0 aromatic carbocycles. The summed E-state index contributed by atoms with van der Waals surface area (Å²) in [6.45, 7) is 2.00. The Morgan fingerprint density at radius 3 is 2.91 bits per heavy atom. The molecule has 0 N–H and O–H groups in total. The molecule has 0 radical (unpaired) electrons. The van der Waals surface area contributed by atoms with E-state index in [1.54, 1.807) is 9.95 Å². The highest BCUT2D eigenvalue weighted by molar-refractivity contribution is 7.07. The number of nitrogens with zero attached hydrogens (tertiary/aromatic N) is 1. The van der Waals surface area contributed by atoms with Gasteiger partial charge in [-0.1, -0.05) is 11.3 Å². The standard InChI is InChI=1S/C7H10FNOS/c1-6-5-11-7(10)9(6)4-2-3-8/h5H,2-4H2,1H3. The molecule has 2 nitrogen and oxygen atoms in total. The molecule has 0 unspecified atom stereocenters. The van der Waals surface area contributed by atoms with E-state index in [0.29, 0.717) is 13.0 Å². The third-order valence-corrected chi connectivity index (χ3v) is 2.37. The van der Waals surface area contributed by atoms with Crippen LogP contribution in [0.15, 0.2) is 10.2 Å². The Labute approximate surface area is 68.3 Å². The number of aromatic nitrogens is 1. The number of hydrogen-bond acceptors (Lipinski definition) is 2. The van der Waals surface area contributed by atoms with Crippen LogP contribution in [-0.2, 0) is 6.54 Å². The van der Waals surface area contributed by atoms with Crippen LogP contribution in [0.1, 0.15) is 12.1 Å². The number of hydrogen-bond donors (Lipinski definition) is 0. The Bertz CT molecular complexity index is 278. The van der Waals surface area contributed by atoms with E-state index in [9.17, 15) is 9.18 Å². The molecule has 1 rings (SSSR count). The molecule has 0 aliphatic carbocycles. The lowest BCUT2D eigenvalue weighted by Gasteiger charge is -1.99. The van der Waals surface area contributed by atoms with Gasteiger partial charge in [-0.25, -0.2) is 0 Å². The van der Waals surface area contributed by atoms with Crippen molar-refractivity contribution in [2.24, 2.45) is 0 Å². The van der Waals surface area contributed by atoms with Gasteiger partial charge in [-0.3, -0.25) is 9.18 Å². The number of rotatable bonds is 3. The molecule has 11 heavy (non-hydrogen) atoms. The molecule has 0 aliphatic rings. The molecule has 4 heteroatoms. The first kappa shape index (κ1) is 8.46. The fourth-order valence-corrected chi connectivity index (χ4v) is 1.65. The van der Waals surface area contributed by atoms with E-state index in [1.165, 1.54) is 11.3 Å². The highest BCUT2D eigenvalue weighted by Gasteiger charge is 2.00. The van der Waals surface area contributed by atoms with Crippen molar-refractivity contribution in [3.8, 4) is 0 Å². The van der Waals surface area contributed by atoms with Crippen molar-refractivity contribution in [1.29, 1.82) is 0 Å². The van der Waals surface area contributed by atoms with Gasteiger partial charge < -0.3 is 4.57 Å². The molecular formula is C7H10FNOS. The first-order valence-electron chi connectivity index (χ1n) is 3.46. The predicted molar refractivity (Wildman–Crippen MR) is 43.9 cm³/mol. The SMILES string of the molecule is Cc1csc(=O)n1CCCF. The molecule has 0 amide bonds. The van der Waals surface area contributed by atoms with Gasteiger partial charge in [0, 0.05) is 17.6 Å². The molecule has 0 saturated carbocycles. The minimum atomic E-state index is -0.359. The third kappa shape index (κ3) is 1.89. The van der Waals surface area contributed by atoms with E-state index in [4.69, 9.17) is 0 Å². The van der Waals surface area contributed by atoms with Crippen molar-refractivity contribution in [2.75, 3.05) is 6.67 Å². The van der Waals surface area contributed by atoms with Gasteiger partial charge in [-0.2, -0.15) is 0 Å². The van der Waals surface area contributed by atoms with Crippen molar-refractivity contribution < 1.29 is 4.39 Å². The fourth-order valence-electron chi connectivity index (χ4n) is 0.892. The average molecular weight is 175 g/mol. The van der Waals surface area contributed by atoms with Crippen molar-refractivity contribution in [3.63, 3.8) is 0 Å². The van der Waals surface area contributed by atoms with Crippen molar-refractivity contribution in [2.45, 2.75) is 19.9 Å². The summed E-state index contributed by atoms with van der Waals surface area (Å²) in [4.78, 5) is 11.0. The second-order valence-electron chi connectivity index (χ2n) is 2.34. The van der Waals surface area contributed by atoms with Crippen LogP contribution < -0.4 is 4.87 Å². The van der Waals surface area contributed by atoms with Gasteiger partial charge in [0.2, 0.25) is 0 Å². The van der Waals surface area contributed by atoms with Crippen LogP contribution in [-0.4, -0.2) is 11.2 Å². The largest absolute Gasteiger partial charge is 0.307 e. The van der Waals surface area contributed by atoms with Crippen molar-refractivity contribution in [3.05, 3.63) is 20.7 Å². The molecule has 1 aromatic heterocycles. The zero-order chi connectivity index (χ0) is 8.27.